The minimum atomic E-state index is -0.445. The summed E-state index contributed by atoms with van der Waals surface area (Å²) in [6, 6.07) is 15.7. The van der Waals surface area contributed by atoms with Gasteiger partial charge in [0.2, 0.25) is 0 Å². The highest BCUT2D eigenvalue weighted by Gasteiger charge is 2.13. The number of aryl methyl sites for hydroxylation is 2. The zero-order valence-electron chi connectivity index (χ0n) is 13.4. The van der Waals surface area contributed by atoms with E-state index in [-0.39, 0.29) is 0 Å². The molecule has 0 saturated heterocycles. The second kappa shape index (κ2) is 6.08. The van der Waals surface area contributed by atoms with Gasteiger partial charge in [-0.15, -0.1) is 0 Å². The summed E-state index contributed by atoms with van der Waals surface area (Å²) in [7, 11) is 1.36. The van der Waals surface area contributed by atoms with Gasteiger partial charge in [0.1, 0.15) is 0 Å². The summed E-state index contributed by atoms with van der Waals surface area (Å²) in [6.45, 7) is 4.10. The van der Waals surface area contributed by atoms with Crippen LogP contribution in [0.15, 0.2) is 48.5 Å². The van der Waals surface area contributed by atoms with E-state index < -0.39 is 5.97 Å². The number of aromatic nitrogens is 1. The minimum Gasteiger partial charge on any atom is -0.464 e. The molecule has 0 radical (unpaired) electrons. The van der Waals surface area contributed by atoms with Crippen molar-refractivity contribution in [2.75, 3.05) is 12.4 Å². The molecule has 4 nitrogen and oxygen atoms in total. The Bertz CT molecular complexity index is 888. The predicted molar refractivity (Wildman–Crippen MR) is 92.3 cm³/mol. The Morgan fingerprint density at radius 1 is 1.04 bits per heavy atom. The average molecular weight is 306 g/mol. The number of para-hydroxylation sites is 1. The monoisotopic (exact) mass is 306 g/mol. The fourth-order valence-electron chi connectivity index (χ4n) is 2.50. The second-order valence-corrected chi connectivity index (χ2v) is 5.51. The molecule has 0 saturated carbocycles. The molecular weight excluding hydrogens is 288 g/mol. The first-order valence-corrected chi connectivity index (χ1v) is 7.41. The van der Waals surface area contributed by atoms with Crippen molar-refractivity contribution in [3.63, 3.8) is 0 Å². The molecule has 1 aromatic heterocycles. The molecule has 116 valence electrons. The molecule has 1 heterocycles. The van der Waals surface area contributed by atoms with Gasteiger partial charge in [-0.05, 0) is 43.2 Å². The van der Waals surface area contributed by atoms with Crippen LogP contribution in [0.5, 0.6) is 0 Å². The highest BCUT2D eigenvalue weighted by atomic mass is 16.5. The van der Waals surface area contributed by atoms with Crippen molar-refractivity contribution >= 4 is 28.2 Å². The zero-order chi connectivity index (χ0) is 16.4. The number of rotatable bonds is 3. The minimum absolute atomic E-state index is 0.291. The van der Waals surface area contributed by atoms with Gasteiger partial charge < -0.3 is 10.1 Å². The molecule has 0 spiro atoms. The third kappa shape index (κ3) is 3.01. The van der Waals surface area contributed by atoms with E-state index in [4.69, 9.17) is 4.74 Å². The van der Waals surface area contributed by atoms with E-state index in [1.165, 1.54) is 12.7 Å². The summed E-state index contributed by atoms with van der Waals surface area (Å²) in [4.78, 5) is 16.2. The number of esters is 1. The van der Waals surface area contributed by atoms with Gasteiger partial charge >= 0.3 is 5.97 Å². The smallest absolute Gasteiger partial charge is 0.356 e. The number of carbonyl (C=O) groups excluding carboxylic acids is 1. The average Bonchev–Trinajstić information content (AvgIpc) is 2.57. The molecule has 0 fully saturated rings. The topological polar surface area (TPSA) is 51.2 Å². The van der Waals surface area contributed by atoms with Crippen LogP contribution in [0.1, 0.15) is 21.6 Å². The maximum atomic E-state index is 11.9. The van der Waals surface area contributed by atoms with Crippen LogP contribution in [0, 0.1) is 13.8 Å². The highest BCUT2D eigenvalue weighted by Crippen LogP contribution is 2.28. The molecule has 0 aliphatic heterocycles. The molecule has 23 heavy (non-hydrogen) atoms. The third-order valence-corrected chi connectivity index (χ3v) is 3.77. The first-order valence-electron chi connectivity index (χ1n) is 7.41. The largest absolute Gasteiger partial charge is 0.464 e. The maximum absolute atomic E-state index is 11.9. The van der Waals surface area contributed by atoms with Gasteiger partial charge in [0.25, 0.3) is 0 Å². The van der Waals surface area contributed by atoms with E-state index in [0.29, 0.717) is 5.69 Å². The highest BCUT2D eigenvalue weighted by molar-refractivity contribution is 5.98. The van der Waals surface area contributed by atoms with Gasteiger partial charge in [0.15, 0.2) is 5.69 Å². The third-order valence-electron chi connectivity index (χ3n) is 3.77. The number of hydrogen-bond acceptors (Lipinski definition) is 4. The van der Waals surface area contributed by atoms with Crippen molar-refractivity contribution in [2.45, 2.75) is 13.8 Å². The Morgan fingerprint density at radius 3 is 2.61 bits per heavy atom. The van der Waals surface area contributed by atoms with Crippen molar-refractivity contribution < 1.29 is 9.53 Å². The Labute approximate surface area is 135 Å². The van der Waals surface area contributed by atoms with Gasteiger partial charge in [-0.3, -0.25) is 0 Å². The lowest BCUT2D eigenvalue weighted by atomic mass is 10.1. The molecule has 3 rings (SSSR count). The number of ether oxygens (including phenoxy) is 1. The fraction of sp³-hybridized carbons (Fsp3) is 0.158. The van der Waals surface area contributed by atoms with Crippen LogP contribution in [-0.2, 0) is 4.74 Å². The van der Waals surface area contributed by atoms with Gasteiger partial charge in [-0.2, -0.15) is 0 Å². The van der Waals surface area contributed by atoms with Gasteiger partial charge in [-0.25, -0.2) is 9.78 Å². The lowest BCUT2D eigenvalue weighted by Gasteiger charge is -2.14. The van der Waals surface area contributed by atoms with E-state index in [9.17, 15) is 4.79 Å². The number of hydrogen-bond donors (Lipinski definition) is 1. The first kappa shape index (κ1) is 15.0. The molecule has 0 amide bonds. The van der Waals surface area contributed by atoms with Gasteiger partial charge in [-0.1, -0.05) is 30.3 Å². The van der Waals surface area contributed by atoms with Crippen molar-refractivity contribution in [3.8, 4) is 0 Å². The maximum Gasteiger partial charge on any atom is 0.356 e. The van der Waals surface area contributed by atoms with Crippen LogP contribution >= 0.6 is 0 Å². The molecule has 3 aromatic rings. The number of nitrogens with one attached hydrogen (secondary N) is 1. The van der Waals surface area contributed by atoms with Gasteiger partial charge in [0.05, 0.1) is 18.3 Å². The summed E-state index contributed by atoms with van der Waals surface area (Å²) in [5.41, 5.74) is 5.20. The lowest BCUT2D eigenvalue weighted by molar-refractivity contribution is 0.0594. The number of anilines is 2. The number of nitrogens with zero attached hydrogens (tertiary/aromatic N) is 1. The summed E-state index contributed by atoms with van der Waals surface area (Å²) in [5.74, 6) is -0.445. The van der Waals surface area contributed by atoms with Crippen LogP contribution in [0.3, 0.4) is 0 Å². The van der Waals surface area contributed by atoms with E-state index in [2.05, 4.69) is 35.4 Å². The summed E-state index contributed by atoms with van der Waals surface area (Å²) in [6.07, 6.45) is 0. The summed E-state index contributed by atoms with van der Waals surface area (Å²) >= 11 is 0. The van der Waals surface area contributed by atoms with Crippen LogP contribution in [0.25, 0.3) is 10.9 Å². The predicted octanol–water partition coefficient (Wildman–Crippen LogP) is 4.38. The first-order chi connectivity index (χ1) is 11.1. The van der Waals surface area contributed by atoms with E-state index in [0.717, 1.165) is 27.8 Å². The fourth-order valence-corrected chi connectivity index (χ4v) is 2.50. The zero-order valence-corrected chi connectivity index (χ0v) is 13.4. The Morgan fingerprint density at radius 2 is 1.83 bits per heavy atom. The van der Waals surface area contributed by atoms with Crippen LogP contribution < -0.4 is 5.32 Å². The van der Waals surface area contributed by atoms with Crippen molar-refractivity contribution in [1.29, 1.82) is 0 Å². The van der Waals surface area contributed by atoms with Crippen molar-refractivity contribution in [1.82, 2.24) is 4.98 Å². The number of methoxy groups -OCH3 is 1. The quantitative estimate of drug-likeness (QED) is 0.729. The number of pyridine rings is 1. The normalized spacial score (nSPS) is 10.6. The molecule has 0 unspecified atom stereocenters. The van der Waals surface area contributed by atoms with Crippen LogP contribution in [0.4, 0.5) is 11.4 Å². The van der Waals surface area contributed by atoms with E-state index in [1.54, 1.807) is 6.07 Å². The molecule has 0 aliphatic rings. The van der Waals surface area contributed by atoms with Crippen LogP contribution in [0.2, 0.25) is 0 Å². The number of benzene rings is 2. The summed E-state index contributed by atoms with van der Waals surface area (Å²) < 4.78 is 4.80. The molecule has 0 aliphatic carbocycles. The summed E-state index contributed by atoms with van der Waals surface area (Å²) in [5, 5.41) is 4.39. The lowest BCUT2D eigenvalue weighted by Crippen LogP contribution is -2.06. The Kier molecular flexibility index (Phi) is 3.98. The number of carbonyl (C=O) groups is 1. The molecule has 2 aromatic carbocycles. The number of fused-ring (bicyclic) bond motifs is 1. The second-order valence-electron chi connectivity index (χ2n) is 5.51. The van der Waals surface area contributed by atoms with Crippen molar-refractivity contribution in [2.24, 2.45) is 0 Å². The Hall–Kier alpha value is -2.88. The molecule has 0 bridgehead atoms. The standard InChI is InChI=1S/C19H18N2O2/c1-12-8-9-13(2)16(10-12)21-17-11-18(19(22)23-3)20-15-7-5-4-6-14(15)17/h4-11H,1-3H3,(H,20,21). The Balaban J connectivity index is 2.15. The molecule has 4 heteroatoms. The molecule has 1 N–H and O–H groups in total. The van der Waals surface area contributed by atoms with Crippen molar-refractivity contribution in [3.05, 3.63) is 65.4 Å². The van der Waals surface area contributed by atoms with E-state index in [1.807, 2.05) is 31.2 Å². The molecule has 0 atom stereocenters. The van der Waals surface area contributed by atoms with E-state index >= 15 is 0 Å². The van der Waals surface area contributed by atoms with Gasteiger partial charge in [0, 0.05) is 11.1 Å². The van der Waals surface area contributed by atoms with Crippen LogP contribution in [-0.4, -0.2) is 18.1 Å². The SMILES string of the molecule is COC(=O)c1cc(Nc2cc(C)ccc2C)c2ccccc2n1. The molecular formula is C19H18N2O2.